The van der Waals surface area contributed by atoms with Crippen LogP contribution in [-0.2, 0) is 7.72 Å². The molecule has 0 bridgehead atoms. The molecule has 4 unspecified atom stereocenters. The van der Waals surface area contributed by atoms with Gasteiger partial charge in [-0.05, 0) is 0 Å². The van der Waals surface area contributed by atoms with Gasteiger partial charge in [0.1, 0.15) is 0 Å². The molecule has 15 heavy (non-hydrogen) atoms. The van der Waals surface area contributed by atoms with E-state index in [1.165, 1.54) is 0 Å². The van der Waals surface area contributed by atoms with E-state index < -0.39 is 17.9 Å². The van der Waals surface area contributed by atoms with Gasteiger partial charge in [-0.3, -0.25) is 0 Å². The zero-order valence-corrected chi connectivity index (χ0v) is 9.42. The Morgan fingerprint density at radius 3 is 1.20 bits per heavy atom. The molecule has 10 aliphatic rings. The SMILES string of the molecule is FC(F)(F)[C]12[CH]3[CH]4[CH]5[CH]1[Ru]45321678[CH]2[CH]1[CH]6[CH]7[CH]28. The van der Waals surface area contributed by atoms with Crippen molar-refractivity contribution >= 4 is 0 Å². The van der Waals surface area contributed by atoms with Crippen molar-refractivity contribution in [3.05, 3.63) is 0 Å². The van der Waals surface area contributed by atoms with Crippen LogP contribution in [0, 0.1) is 0 Å². The first-order valence-corrected chi connectivity index (χ1v) is 16.0. The third kappa shape index (κ3) is 0.0449. The number of rotatable bonds is 0. The first kappa shape index (κ1) is 5.37. The molecule has 10 fully saturated rings. The summed E-state index contributed by atoms with van der Waals surface area (Å²) in [5, 5.41) is 0. The van der Waals surface area contributed by atoms with Gasteiger partial charge in [0, 0.05) is 0 Å². The molecule has 82 valence electrons. The number of alkyl halides is 3. The van der Waals surface area contributed by atoms with Crippen LogP contribution >= 0.6 is 0 Å². The van der Waals surface area contributed by atoms with E-state index in [0.717, 1.165) is 31.6 Å². The van der Waals surface area contributed by atoms with Crippen molar-refractivity contribution in [1.29, 1.82) is 0 Å². The minimum atomic E-state index is -4.09. The number of hydrogen-bond acceptors (Lipinski definition) is 0. The summed E-state index contributed by atoms with van der Waals surface area (Å²) < 4.78 is 46.6. The molecule has 1 spiro atoms. The fourth-order valence-corrected chi connectivity index (χ4v) is 150. The van der Waals surface area contributed by atoms with E-state index in [0.29, 0.717) is 9.02 Å². The molecule has 4 atom stereocenters. The molecule has 4 heteroatoms. The Bertz CT molecular complexity index is 844. The first-order chi connectivity index (χ1) is 6.80. The molecule has 10 heterocycles. The van der Waals surface area contributed by atoms with E-state index in [9.17, 15) is 13.2 Å². The van der Waals surface area contributed by atoms with Crippen molar-refractivity contribution in [3.8, 4) is 0 Å². The van der Waals surface area contributed by atoms with Crippen molar-refractivity contribution in [3.63, 3.8) is 0 Å². The molecular weight excluding hydrogens is 290 g/mol. The maximum absolute atomic E-state index is 13.6. The van der Waals surface area contributed by atoms with Gasteiger partial charge in [0.25, 0.3) is 0 Å². The van der Waals surface area contributed by atoms with Gasteiger partial charge in [-0.25, -0.2) is 0 Å². The molecule has 0 amide bonds. The van der Waals surface area contributed by atoms with Crippen LogP contribution in [-0.4, -0.2) is 6.18 Å². The van der Waals surface area contributed by atoms with Gasteiger partial charge in [0.2, 0.25) is 0 Å². The monoisotopic (exact) mass is 300 g/mol. The van der Waals surface area contributed by atoms with Gasteiger partial charge < -0.3 is 0 Å². The zero-order valence-electron chi connectivity index (χ0n) is 7.68. The normalized spacial score (nSPS) is 135. The van der Waals surface area contributed by atoms with Gasteiger partial charge in [0.15, 0.2) is 0 Å². The Hall–Kier alpha value is 0.413. The summed E-state index contributed by atoms with van der Waals surface area (Å²) in [6.07, 6.45) is -3.75. The van der Waals surface area contributed by atoms with Gasteiger partial charge in [0.05, 0.1) is 0 Å². The standard InChI is InChI=1S/C6H4F3.C5H5.Ru/c7-6(8,9)5-3-1-2-4-5;1-2-4-5-3-1;/h1-4H;1-5H;. The fourth-order valence-electron chi connectivity index (χ4n) is 17.0. The molecule has 0 nitrogen and oxygen atoms in total. The van der Waals surface area contributed by atoms with Crippen LogP contribution in [0.15, 0.2) is 0 Å². The van der Waals surface area contributed by atoms with Crippen LogP contribution < -0.4 is 0 Å². The van der Waals surface area contributed by atoms with Crippen molar-refractivity contribution in [2.75, 3.05) is 0 Å². The summed E-state index contributed by atoms with van der Waals surface area (Å²) >= 11 is 0. The molecule has 0 aromatic heterocycles. The molecule has 10 saturated heterocycles. The topological polar surface area (TPSA) is 0 Å². The second-order valence-corrected chi connectivity index (χ2v) is 47.3. The molecule has 0 aromatic rings. The Labute approximate surface area is 71.9 Å². The first-order valence-electron chi connectivity index (χ1n) is 6.07. The second-order valence-electron chi connectivity index (χ2n) is 10.2. The van der Waals surface area contributed by atoms with Crippen LogP contribution in [0.5, 0.6) is 0 Å². The zero-order chi connectivity index (χ0) is 9.51. The van der Waals surface area contributed by atoms with Gasteiger partial charge in [-0.1, -0.05) is 0 Å². The second kappa shape index (κ2) is 0.364. The predicted molar refractivity (Wildman–Crippen MR) is 42.5 cm³/mol. The summed E-state index contributed by atoms with van der Waals surface area (Å²) in [7, 11) is -4.09. The average Bonchev–Trinajstić information content (AvgIpc) is 3.12. The summed E-state index contributed by atoms with van der Waals surface area (Å²) in [6.45, 7) is 0. The molecule has 10 rings (SSSR count). The molecule has 0 aliphatic carbocycles. The molecule has 0 N–H and O–H groups in total. The van der Waals surface area contributed by atoms with E-state index in [-0.39, 0.29) is 0 Å². The Morgan fingerprint density at radius 1 is 0.733 bits per heavy atom. The minimum absolute atomic E-state index is 0.390. The van der Waals surface area contributed by atoms with Crippen LogP contribution in [0.3, 0.4) is 0 Å². The number of hydrogen-bond donors (Lipinski definition) is 0. The Balaban J connectivity index is 1.85. The Morgan fingerprint density at radius 2 is 1.13 bits per heavy atom. The van der Waals surface area contributed by atoms with E-state index in [1.807, 2.05) is 0 Å². The molecule has 10 aliphatic heterocycles. The van der Waals surface area contributed by atoms with E-state index in [2.05, 4.69) is 0 Å². The van der Waals surface area contributed by atoms with Crippen molar-refractivity contribution in [2.24, 2.45) is 0 Å². The summed E-state index contributed by atoms with van der Waals surface area (Å²) in [5.74, 6) is 0. The number of halogens is 3. The van der Waals surface area contributed by atoms with Gasteiger partial charge >= 0.3 is 71.7 Å². The summed E-state index contributed by atoms with van der Waals surface area (Å²) in [6, 6.07) is 0. The maximum atomic E-state index is 13.6. The van der Waals surface area contributed by atoms with E-state index in [4.69, 9.17) is 0 Å². The van der Waals surface area contributed by atoms with Crippen molar-refractivity contribution in [1.82, 2.24) is 0 Å². The van der Waals surface area contributed by atoms with Crippen LogP contribution in [0.25, 0.3) is 0 Å². The quantitative estimate of drug-likeness (QED) is 0.585. The molecule has 0 aromatic carbocycles. The molecular formula is C11H9F3Ru. The van der Waals surface area contributed by atoms with Gasteiger partial charge in [-0.2, -0.15) is 0 Å². The third-order valence-electron chi connectivity index (χ3n) is 15.1. The fraction of sp³-hybridized carbons (Fsp3) is 1.00. The third-order valence-corrected chi connectivity index (χ3v) is 81.8. The van der Waals surface area contributed by atoms with E-state index >= 15 is 0 Å². The van der Waals surface area contributed by atoms with Gasteiger partial charge in [-0.15, -0.1) is 0 Å². The Kier molecular flexibility index (Phi) is 0.130. The van der Waals surface area contributed by atoms with Crippen LogP contribution in [0.4, 0.5) is 13.2 Å². The van der Waals surface area contributed by atoms with Crippen molar-refractivity contribution in [2.45, 2.75) is 50.8 Å². The molecule has 0 saturated carbocycles. The predicted octanol–water partition coefficient (Wildman–Crippen LogP) is 4.31. The van der Waals surface area contributed by atoms with E-state index in [1.54, 1.807) is 0 Å². The van der Waals surface area contributed by atoms with Crippen LogP contribution in [0.1, 0.15) is 0 Å². The summed E-state index contributed by atoms with van der Waals surface area (Å²) in [4.78, 5) is 0. The van der Waals surface area contributed by atoms with Crippen molar-refractivity contribution < 1.29 is 20.9 Å². The summed E-state index contributed by atoms with van der Waals surface area (Å²) in [5.41, 5.74) is 0. The van der Waals surface area contributed by atoms with Crippen LogP contribution in [0.2, 0.25) is 44.6 Å². The number of fused-ring (bicyclic) bond motifs is 10. The average molecular weight is 299 g/mol. The molecule has 0 radical (unpaired) electrons.